The number of urea groups is 1. The Morgan fingerprint density at radius 1 is 0.854 bits per heavy atom. The SMILES string of the molecule is CCCCCNC(=O)Nc1cc(OCC)c(Oc2ccc(NC(=O)c3cc(C)c(OC4CCN(CCCC)CC4)cc3F)cc2)cc1F. The number of unbranched alkanes of at least 4 members (excludes halogenated alkanes) is 3. The monoisotopic (exact) mass is 666 g/mol. The normalized spacial score (nSPS) is 13.5. The van der Waals surface area contributed by atoms with Crippen LogP contribution < -0.4 is 30.2 Å². The van der Waals surface area contributed by atoms with E-state index in [1.54, 1.807) is 38.1 Å². The highest BCUT2D eigenvalue weighted by molar-refractivity contribution is 6.04. The van der Waals surface area contributed by atoms with E-state index in [1.807, 2.05) is 0 Å². The molecule has 0 bridgehead atoms. The lowest BCUT2D eigenvalue weighted by Crippen LogP contribution is -2.38. The standard InChI is InChI=1S/C37H48F2N4O5/c1-5-8-10-17-40-37(45)42-32-24-34(46-7-3)35(23-31(32)39)48-27-13-11-26(12-14-27)41-36(44)29-21-25(4)33(22-30(29)38)47-28-15-19-43(20-16-28)18-9-6-2/h11-14,21-24,28H,5-10,15-20H2,1-4H3,(H,41,44)(H2,40,42,45). The first-order valence-corrected chi connectivity index (χ1v) is 17.0. The summed E-state index contributed by atoms with van der Waals surface area (Å²) in [5.74, 6) is -0.792. The Labute approximate surface area is 282 Å². The molecule has 3 N–H and O–H groups in total. The number of benzene rings is 3. The van der Waals surface area contributed by atoms with Gasteiger partial charge in [-0.25, -0.2) is 13.6 Å². The van der Waals surface area contributed by atoms with E-state index >= 15 is 4.39 Å². The number of anilines is 2. The van der Waals surface area contributed by atoms with Gasteiger partial charge in [-0.3, -0.25) is 4.79 Å². The van der Waals surface area contributed by atoms with Crippen LogP contribution in [0.3, 0.4) is 0 Å². The van der Waals surface area contributed by atoms with Crippen LogP contribution in [0.15, 0.2) is 48.5 Å². The summed E-state index contributed by atoms with van der Waals surface area (Å²) in [5.41, 5.74) is 0.974. The third-order valence-corrected chi connectivity index (χ3v) is 8.15. The van der Waals surface area contributed by atoms with Crippen LogP contribution in [0.2, 0.25) is 0 Å². The number of halogens is 2. The molecule has 0 aliphatic carbocycles. The zero-order valence-corrected chi connectivity index (χ0v) is 28.4. The topological polar surface area (TPSA) is 101 Å². The van der Waals surface area contributed by atoms with E-state index in [4.69, 9.17) is 14.2 Å². The highest BCUT2D eigenvalue weighted by Crippen LogP contribution is 2.36. The molecule has 1 fully saturated rings. The fourth-order valence-electron chi connectivity index (χ4n) is 5.43. The van der Waals surface area contributed by atoms with E-state index in [1.165, 1.54) is 31.0 Å². The summed E-state index contributed by atoms with van der Waals surface area (Å²) in [5, 5.41) is 7.94. The van der Waals surface area contributed by atoms with E-state index in [2.05, 4.69) is 34.7 Å². The predicted molar refractivity (Wildman–Crippen MR) is 185 cm³/mol. The number of rotatable bonds is 16. The maximum Gasteiger partial charge on any atom is 0.319 e. The second-order valence-corrected chi connectivity index (χ2v) is 12.0. The molecule has 1 heterocycles. The molecule has 0 atom stereocenters. The molecule has 3 aromatic carbocycles. The maximum atomic E-state index is 15.1. The Morgan fingerprint density at radius 3 is 2.25 bits per heavy atom. The summed E-state index contributed by atoms with van der Waals surface area (Å²) in [6.07, 6.45) is 6.99. The molecule has 1 aliphatic heterocycles. The van der Waals surface area contributed by atoms with Crippen LogP contribution in [0.1, 0.15) is 81.6 Å². The minimum absolute atomic E-state index is 0.0173. The summed E-state index contributed by atoms with van der Waals surface area (Å²) in [4.78, 5) is 27.7. The van der Waals surface area contributed by atoms with Crippen LogP contribution >= 0.6 is 0 Å². The van der Waals surface area contributed by atoms with Crippen molar-refractivity contribution in [3.05, 3.63) is 71.3 Å². The zero-order chi connectivity index (χ0) is 34.5. The molecule has 1 saturated heterocycles. The van der Waals surface area contributed by atoms with Gasteiger partial charge in [0.05, 0.1) is 17.9 Å². The molecule has 0 spiro atoms. The van der Waals surface area contributed by atoms with Gasteiger partial charge in [-0.15, -0.1) is 0 Å². The summed E-state index contributed by atoms with van der Waals surface area (Å²) < 4.78 is 47.7. The van der Waals surface area contributed by atoms with Gasteiger partial charge in [0.25, 0.3) is 5.91 Å². The number of amides is 3. The summed E-state index contributed by atoms with van der Waals surface area (Å²) in [7, 11) is 0. The van der Waals surface area contributed by atoms with Crippen molar-refractivity contribution in [1.82, 2.24) is 10.2 Å². The highest BCUT2D eigenvalue weighted by Gasteiger charge is 2.23. The molecule has 4 rings (SSSR count). The number of nitrogens with zero attached hydrogens (tertiary/aromatic N) is 1. The molecular weight excluding hydrogens is 618 g/mol. The Kier molecular flexibility index (Phi) is 13.9. The first-order valence-electron chi connectivity index (χ1n) is 17.0. The molecular formula is C37H48F2N4O5. The second-order valence-electron chi connectivity index (χ2n) is 12.0. The van der Waals surface area contributed by atoms with Crippen molar-refractivity contribution < 1.29 is 32.6 Å². The van der Waals surface area contributed by atoms with Gasteiger partial charge in [0.2, 0.25) is 0 Å². The van der Waals surface area contributed by atoms with Crippen LogP contribution in [0.5, 0.6) is 23.0 Å². The molecule has 3 aromatic rings. The lowest BCUT2D eigenvalue weighted by atomic mass is 10.1. The molecule has 0 saturated carbocycles. The third-order valence-electron chi connectivity index (χ3n) is 8.15. The van der Waals surface area contributed by atoms with Crippen LogP contribution in [-0.2, 0) is 0 Å². The molecule has 48 heavy (non-hydrogen) atoms. The minimum atomic E-state index is -0.692. The summed E-state index contributed by atoms with van der Waals surface area (Å²) in [6.45, 7) is 11.6. The number of carbonyl (C=O) groups excluding carboxylic acids is 2. The van der Waals surface area contributed by atoms with Gasteiger partial charge in [0, 0.05) is 43.5 Å². The molecule has 11 heteroatoms. The first-order chi connectivity index (χ1) is 23.2. The molecule has 9 nitrogen and oxygen atoms in total. The van der Waals surface area contributed by atoms with Crippen LogP contribution in [0, 0.1) is 18.6 Å². The largest absolute Gasteiger partial charge is 0.490 e. The molecule has 260 valence electrons. The van der Waals surface area contributed by atoms with Crippen molar-refractivity contribution in [3.63, 3.8) is 0 Å². The van der Waals surface area contributed by atoms with Gasteiger partial charge >= 0.3 is 6.03 Å². The molecule has 0 radical (unpaired) electrons. The van der Waals surface area contributed by atoms with E-state index in [0.29, 0.717) is 29.3 Å². The van der Waals surface area contributed by atoms with Crippen molar-refractivity contribution >= 4 is 23.3 Å². The van der Waals surface area contributed by atoms with Crippen molar-refractivity contribution in [2.45, 2.75) is 78.7 Å². The molecule has 1 aliphatic rings. The average Bonchev–Trinajstić information content (AvgIpc) is 3.07. The van der Waals surface area contributed by atoms with Gasteiger partial charge in [-0.05, 0) is 82.0 Å². The fraction of sp³-hybridized carbons (Fsp3) is 0.459. The number of likely N-dealkylation sites (tertiary alicyclic amines) is 1. The number of carbonyl (C=O) groups is 2. The smallest absolute Gasteiger partial charge is 0.319 e. The Morgan fingerprint density at radius 2 is 1.56 bits per heavy atom. The van der Waals surface area contributed by atoms with Gasteiger partial charge in [0.1, 0.15) is 23.4 Å². The summed E-state index contributed by atoms with van der Waals surface area (Å²) in [6, 6.07) is 11.2. The minimum Gasteiger partial charge on any atom is -0.490 e. The van der Waals surface area contributed by atoms with Gasteiger partial charge < -0.3 is 35.1 Å². The van der Waals surface area contributed by atoms with Gasteiger partial charge in [0.15, 0.2) is 17.3 Å². The number of hydrogen-bond donors (Lipinski definition) is 3. The lowest BCUT2D eigenvalue weighted by Gasteiger charge is -2.32. The quantitative estimate of drug-likeness (QED) is 0.132. The van der Waals surface area contributed by atoms with Crippen molar-refractivity contribution in [1.29, 1.82) is 0 Å². The number of hydrogen-bond acceptors (Lipinski definition) is 6. The fourth-order valence-corrected chi connectivity index (χ4v) is 5.43. The van der Waals surface area contributed by atoms with Crippen molar-refractivity contribution in [2.24, 2.45) is 0 Å². The van der Waals surface area contributed by atoms with Crippen molar-refractivity contribution in [2.75, 3.05) is 43.4 Å². The van der Waals surface area contributed by atoms with E-state index in [-0.39, 0.29) is 35.5 Å². The van der Waals surface area contributed by atoms with Gasteiger partial charge in [-0.1, -0.05) is 33.1 Å². The average molecular weight is 667 g/mol. The Hall–Kier alpha value is -4.38. The van der Waals surface area contributed by atoms with E-state index in [9.17, 15) is 14.0 Å². The van der Waals surface area contributed by atoms with E-state index in [0.717, 1.165) is 57.8 Å². The van der Waals surface area contributed by atoms with Crippen LogP contribution in [-0.4, -0.2) is 55.7 Å². The third kappa shape index (κ3) is 10.6. The lowest BCUT2D eigenvalue weighted by molar-refractivity contribution is 0.0986. The van der Waals surface area contributed by atoms with Crippen LogP contribution in [0.25, 0.3) is 0 Å². The number of aryl methyl sites for hydroxylation is 1. The number of piperidine rings is 1. The molecule has 3 amide bonds. The molecule has 0 aromatic heterocycles. The number of nitrogens with one attached hydrogen (secondary N) is 3. The number of ether oxygens (including phenoxy) is 3. The Balaban J connectivity index is 1.35. The summed E-state index contributed by atoms with van der Waals surface area (Å²) >= 11 is 0. The van der Waals surface area contributed by atoms with Crippen molar-refractivity contribution in [3.8, 4) is 23.0 Å². The van der Waals surface area contributed by atoms with Gasteiger partial charge in [-0.2, -0.15) is 0 Å². The highest BCUT2D eigenvalue weighted by atomic mass is 19.1. The van der Waals surface area contributed by atoms with E-state index < -0.39 is 23.6 Å². The maximum absolute atomic E-state index is 15.1. The second kappa shape index (κ2) is 18.2. The first kappa shape index (κ1) is 36.5. The predicted octanol–water partition coefficient (Wildman–Crippen LogP) is 8.67. The molecule has 0 unspecified atom stereocenters. The Bertz CT molecular complexity index is 1510. The zero-order valence-electron chi connectivity index (χ0n) is 28.4. The van der Waals surface area contributed by atoms with Crippen LogP contribution in [0.4, 0.5) is 25.0 Å².